The second kappa shape index (κ2) is 6.76. The van der Waals surface area contributed by atoms with Gasteiger partial charge in [0.1, 0.15) is 0 Å². The van der Waals surface area contributed by atoms with Crippen LogP contribution < -0.4 is 5.73 Å². The van der Waals surface area contributed by atoms with E-state index in [1.165, 1.54) is 43.2 Å². The zero-order valence-electron chi connectivity index (χ0n) is 12.3. The van der Waals surface area contributed by atoms with Gasteiger partial charge in [-0.3, -0.25) is 0 Å². The molecule has 2 aromatic rings. The zero-order chi connectivity index (χ0) is 14.7. The van der Waals surface area contributed by atoms with Crippen molar-refractivity contribution in [2.24, 2.45) is 5.73 Å². The lowest BCUT2D eigenvalue weighted by Crippen LogP contribution is -2.12. The summed E-state index contributed by atoms with van der Waals surface area (Å²) in [6, 6.07) is 17.1. The first-order chi connectivity index (χ1) is 10.3. The predicted octanol–water partition coefficient (Wildman–Crippen LogP) is 5.54. The molecule has 21 heavy (non-hydrogen) atoms. The summed E-state index contributed by atoms with van der Waals surface area (Å²) >= 11 is 3.59. The van der Waals surface area contributed by atoms with E-state index in [1.54, 1.807) is 0 Å². The first kappa shape index (κ1) is 14.8. The van der Waals surface area contributed by atoms with Crippen LogP contribution in [-0.4, -0.2) is 0 Å². The van der Waals surface area contributed by atoms with Gasteiger partial charge in [-0.15, -0.1) is 0 Å². The van der Waals surface area contributed by atoms with Crippen LogP contribution >= 0.6 is 15.9 Å². The topological polar surface area (TPSA) is 26.0 Å². The van der Waals surface area contributed by atoms with Gasteiger partial charge in [0, 0.05) is 4.47 Å². The van der Waals surface area contributed by atoms with Gasteiger partial charge in [-0.25, -0.2) is 0 Å². The molecule has 2 N–H and O–H groups in total. The van der Waals surface area contributed by atoms with Gasteiger partial charge in [-0.2, -0.15) is 0 Å². The van der Waals surface area contributed by atoms with Crippen molar-refractivity contribution in [2.45, 2.75) is 44.1 Å². The fourth-order valence-corrected chi connectivity index (χ4v) is 3.85. The molecular weight excluding hydrogens is 322 g/mol. The SMILES string of the molecule is NC(c1ccc(C2CCCCC2)cc1)c1ccccc1Br. The van der Waals surface area contributed by atoms with Gasteiger partial charge >= 0.3 is 0 Å². The largest absolute Gasteiger partial charge is 0.320 e. The first-order valence-corrected chi connectivity index (χ1v) is 8.65. The van der Waals surface area contributed by atoms with Crippen LogP contribution in [0.1, 0.15) is 60.8 Å². The molecule has 0 aromatic heterocycles. The number of benzene rings is 2. The van der Waals surface area contributed by atoms with Gasteiger partial charge in [0.05, 0.1) is 6.04 Å². The van der Waals surface area contributed by atoms with Crippen LogP contribution in [0.4, 0.5) is 0 Å². The molecule has 1 atom stereocenters. The molecule has 0 amide bonds. The average Bonchev–Trinajstić information content (AvgIpc) is 2.56. The van der Waals surface area contributed by atoms with Crippen molar-refractivity contribution >= 4 is 15.9 Å². The molecule has 0 aliphatic heterocycles. The first-order valence-electron chi connectivity index (χ1n) is 7.85. The number of nitrogens with two attached hydrogens (primary N) is 1. The van der Waals surface area contributed by atoms with Crippen LogP contribution in [0.3, 0.4) is 0 Å². The standard InChI is InChI=1S/C19H22BrN/c20-18-9-5-4-8-17(18)19(21)16-12-10-15(11-13-16)14-6-2-1-3-7-14/h4-5,8-14,19H,1-3,6-7,21H2. The lowest BCUT2D eigenvalue weighted by molar-refractivity contribution is 0.443. The molecule has 1 fully saturated rings. The molecule has 0 bridgehead atoms. The minimum absolute atomic E-state index is 0.0685. The highest BCUT2D eigenvalue weighted by Crippen LogP contribution is 2.33. The van der Waals surface area contributed by atoms with E-state index in [0.717, 1.165) is 16.0 Å². The molecule has 0 radical (unpaired) electrons. The van der Waals surface area contributed by atoms with Crippen molar-refractivity contribution in [2.75, 3.05) is 0 Å². The maximum absolute atomic E-state index is 6.42. The fraction of sp³-hybridized carbons (Fsp3) is 0.368. The Morgan fingerprint density at radius 1 is 0.905 bits per heavy atom. The molecule has 0 spiro atoms. The Bertz CT molecular complexity index is 585. The Hall–Kier alpha value is -1.12. The third-order valence-electron chi connectivity index (χ3n) is 4.61. The lowest BCUT2D eigenvalue weighted by atomic mass is 9.83. The second-order valence-electron chi connectivity index (χ2n) is 6.00. The summed E-state index contributed by atoms with van der Waals surface area (Å²) in [5.74, 6) is 0.757. The molecule has 2 heteroatoms. The Balaban J connectivity index is 1.79. The van der Waals surface area contributed by atoms with Crippen LogP contribution in [0.5, 0.6) is 0 Å². The molecule has 110 valence electrons. The Kier molecular flexibility index (Phi) is 4.77. The number of hydrogen-bond acceptors (Lipinski definition) is 1. The predicted molar refractivity (Wildman–Crippen MR) is 92.4 cm³/mol. The van der Waals surface area contributed by atoms with E-state index in [2.05, 4.69) is 46.3 Å². The number of rotatable bonds is 3. The van der Waals surface area contributed by atoms with Crippen molar-refractivity contribution < 1.29 is 0 Å². The van der Waals surface area contributed by atoms with Gasteiger partial charge in [-0.05, 0) is 41.5 Å². The molecule has 1 saturated carbocycles. The summed E-state index contributed by atoms with van der Waals surface area (Å²) in [7, 11) is 0. The van der Waals surface area contributed by atoms with Gasteiger partial charge in [0.25, 0.3) is 0 Å². The van der Waals surface area contributed by atoms with E-state index in [-0.39, 0.29) is 6.04 Å². The normalized spacial score (nSPS) is 17.6. The van der Waals surface area contributed by atoms with E-state index in [4.69, 9.17) is 5.73 Å². The summed E-state index contributed by atoms with van der Waals surface area (Å²) in [4.78, 5) is 0. The minimum Gasteiger partial charge on any atom is -0.320 e. The molecule has 1 unspecified atom stereocenters. The van der Waals surface area contributed by atoms with E-state index >= 15 is 0 Å². The second-order valence-corrected chi connectivity index (χ2v) is 6.86. The highest BCUT2D eigenvalue weighted by Gasteiger charge is 2.16. The van der Waals surface area contributed by atoms with Gasteiger partial charge in [-0.1, -0.05) is 77.7 Å². The maximum Gasteiger partial charge on any atom is 0.0562 e. The monoisotopic (exact) mass is 343 g/mol. The van der Waals surface area contributed by atoms with E-state index in [0.29, 0.717) is 0 Å². The van der Waals surface area contributed by atoms with Crippen molar-refractivity contribution in [1.82, 2.24) is 0 Å². The van der Waals surface area contributed by atoms with Crippen molar-refractivity contribution in [3.05, 3.63) is 69.7 Å². The molecular formula is C19H22BrN. The van der Waals surface area contributed by atoms with Gasteiger partial charge in [0.15, 0.2) is 0 Å². The summed E-state index contributed by atoms with van der Waals surface area (Å²) in [5, 5.41) is 0. The molecule has 1 aliphatic carbocycles. The molecule has 0 saturated heterocycles. The lowest BCUT2D eigenvalue weighted by Gasteiger charge is -2.22. The van der Waals surface area contributed by atoms with Crippen LogP contribution in [0, 0.1) is 0 Å². The van der Waals surface area contributed by atoms with Crippen LogP contribution in [0.2, 0.25) is 0 Å². The van der Waals surface area contributed by atoms with Crippen molar-refractivity contribution in [3.63, 3.8) is 0 Å². The minimum atomic E-state index is -0.0685. The summed E-state index contributed by atoms with van der Waals surface area (Å²) in [6.45, 7) is 0. The van der Waals surface area contributed by atoms with Crippen LogP contribution in [0.15, 0.2) is 53.0 Å². The highest BCUT2D eigenvalue weighted by molar-refractivity contribution is 9.10. The van der Waals surface area contributed by atoms with Crippen molar-refractivity contribution in [1.29, 1.82) is 0 Å². The third kappa shape index (κ3) is 3.38. The molecule has 0 heterocycles. The van der Waals surface area contributed by atoms with Crippen LogP contribution in [0.25, 0.3) is 0 Å². The molecule has 1 aliphatic rings. The van der Waals surface area contributed by atoms with E-state index in [1.807, 2.05) is 18.2 Å². The Labute approximate surface area is 135 Å². The third-order valence-corrected chi connectivity index (χ3v) is 5.33. The van der Waals surface area contributed by atoms with E-state index < -0.39 is 0 Å². The smallest absolute Gasteiger partial charge is 0.0562 e. The number of hydrogen-bond donors (Lipinski definition) is 1. The average molecular weight is 344 g/mol. The molecule has 3 rings (SSSR count). The van der Waals surface area contributed by atoms with E-state index in [9.17, 15) is 0 Å². The summed E-state index contributed by atoms with van der Waals surface area (Å²) in [5.41, 5.74) is 10.2. The quantitative estimate of drug-likeness (QED) is 0.777. The zero-order valence-corrected chi connectivity index (χ0v) is 13.9. The summed E-state index contributed by atoms with van der Waals surface area (Å²) < 4.78 is 1.08. The fourth-order valence-electron chi connectivity index (χ4n) is 3.32. The Morgan fingerprint density at radius 3 is 2.24 bits per heavy atom. The molecule has 2 aromatic carbocycles. The maximum atomic E-state index is 6.42. The number of halogens is 1. The van der Waals surface area contributed by atoms with Gasteiger partial charge in [0.2, 0.25) is 0 Å². The molecule has 1 nitrogen and oxygen atoms in total. The summed E-state index contributed by atoms with van der Waals surface area (Å²) in [6.07, 6.45) is 6.85. The van der Waals surface area contributed by atoms with Crippen molar-refractivity contribution in [3.8, 4) is 0 Å². The van der Waals surface area contributed by atoms with Gasteiger partial charge < -0.3 is 5.73 Å². The van der Waals surface area contributed by atoms with Crippen LogP contribution in [-0.2, 0) is 0 Å². The highest BCUT2D eigenvalue weighted by atomic mass is 79.9. The Morgan fingerprint density at radius 2 is 1.57 bits per heavy atom.